The maximum absolute atomic E-state index is 12.8. The Kier molecular flexibility index (Phi) is 5.48. The SMILES string of the molecule is CCCC(=O)N1CCCC[C@H]1C(=O)Nc1cccc(-n2ccnc2)c1. The number of hydrogen-bond acceptors (Lipinski definition) is 3. The van der Waals surface area contributed by atoms with Gasteiger partial charge in [-0.15, -0.1) is 0 Å². The second-order valence-electron chi connectivity index (χ2n) is 6.36. The molecule has 132 valence electrons. The van der Waals surface area contributed by atoms with Crippen molar-refractivity contribution in [1.29, 1.82) is 0 Å². The van der Waals surface area contributed by atoms with Crippen LogP contribution in [-0.4, -0.2) is 38.9 Å². The number of hydrogen-bond donors (Lipinski definition) is 1. The molecule has 1 fully saturated rings. The molecule has 6 nitrogen and oxygen atoms in total. The molecule has 0 saturated carbocycles. The topological polar surface area (TPSA) is 67.2 Å². The Bertz CT molecular complexity index is 727. The summed E-state index contributed by atoms with van der Waals surface area (Å²) in [6.07, 6.45) is 9.25. The van der Waals surface area contributed by atoms with Crippen LogP contribution in [0.4, 0.5) is 5.69 Å². The average Bonchev–Trinajstić information content (AvgIpc) is 3.17. The molecule has 6 heteroatoms. The molecule has 3 rings (SSSR count). The smallest absolute Gasteiger partial charge is 0.247 e. The largest absolute Gasteiger partial charge is 0.331 e. The monoisotopic (exact) mass is 340 g/mol. The maximum Gasteiger partial charge on any atom is 0.247 e. The summed E-state index contributed by atoms with van der Waals surface area (Å²) in [5.74, 6) is -0.0264. The van der Waals surface area contributed by atoms with Crippen molar-refractivity contribution in [2.75, 3.05) is 11.9 Å². The second kappa shape index (κ2) is 7.96. The van der Waals surface area contributed by atoms with Crippen LogP contribution in [0.25, 0.3) is 5.69 Å². The molecule has 1 aliphatic rings. The molecule has 1 atom stereocenters. The van der Waals surface area contributed by atoms with Crippen LogP contribution < -0.4 is 5.32 Å². The molecular formula is C19H24N4O2. The normalized spacial score (nSPS) is 17.3. The van der Waals surface area contributed by atoms with Gasteiger partial charge in [0.1, 0.15) is 6.04 Å². The molecule has 2 heterocycles. The third-order valence-electron chi connectivity index (χ3n) is 4.51. The van der Waals surface area contributed by atoms with Crippen molar-refractivity contribution in [2.24, 2.45) is 0 Å². The molecule has 25 heavy (non-hydrogen) atoms. The van der Waals surface area contributed by atoms with Crippen LogP contribution >= 0.6 is 0 Å². The third-order valence-corrected chi connectivity index (χ3v) is 4.51. The van der Waals surface area contributed by atoms with E-state index >= 15 is 0 Å². The van der Waals surface area contributed by atoms with Crippen molar-refractivity contribution in [3.8, 4) is 5.69 Å². The fraction of sp³-hybridized carbons (Fsp3) is 0.421. The van der Waals surface area contributed by atoms with Gasteiger partial charge in [0.25, 0.3) is 0 Å². The van der Waals surface area contributed by atoms with Crippen LogP contribution in [0.15, 0.2) is 43.0 Å². The van der Waals surface area contributed by atoms with E-state index in [1.807, 2.05) is 42.0 Å². The van der Waals surface area contributed by atoms with Crippen molar-refractivity contribution in [2.45, 2.75) is 45.1 Å². The van der Waals surface area contributed by atoms with Gasteiger partial charge < -0.3 is 14.8 Å². The number of piperidine rings is 1. The van der Waals surface area contributed by atoms with Crippen LogP contribution in [0.2, 0.25) is 0 Å². The number of imidazole rings is 1. The minimum absolute atomic E-state index is 0.0783. The molecule has 2 aromatic rings. The number of likely N-dealkylation sites (tertiary alicyclic amines) is 1. The molecule has 0 aliphatic carbocycles. The molecule has 0 radical (unpaired) electrons. The lowest BCUT2D eigenvalue weighted by Crippen LogP contribution is -2.49. The summed E-state index contributed by atoms with van der Waals surface area (Å²) in [4.78, 5) is 30.9. The lowest BCUT2D eigenvalue weighted by Gasteiger charge is -2.34. The zero-order valence-electron chi connectivity index (χ0n) is 14.5. The Labute approximate surface area is 147 Å². The van der Waals surface area contributed by atoms with Gasteiger partial charge in [-0.05, 0) is 43.9 Å². The van der Waals surface area contributed by atoms with Gasteiger partial charge in [-0.2, -0.15) is 0 Å². The van der Waals surface area contributed by atoms with Gasteiger partial charge in [0, 0.05) is 36.7 Å². The molecule has 2 amide bonds. The Morgan fingerprint density at radius 1 is 1.32 bits per heavy atom. The average molecular weight is 340 g/mol. The summed E-state index contributed by atoms with van der Waals surface area (Å²) in [5.41, 5.74) is 1.66. The zero-order chi connectivity index (χ0) is 17.6. The second-order valence-corrected chi connectivity index (χ2v) is 6.36. The van der Waals surface area contributed by atoms with Crippen LogP contribution in [0.5, 0.6) is 0 Å². The van der Waals surface area contributed by atoms with E-state index in [1.54, 1.807) is 17.4 Å². The highest BCUT2D eigenvalue weighted by atomic mass is 16.2. The van der Waals surface area contributed by atoms with Gasteiger partial charge in [-0.3, -0.25) is 9.59 Å². The number of benzene rings is 1. The summed E-state index contributed by atoms with van der Waals surface area (Å²) in [6.45, 7) is 2.66. The van der Waals surface area contributed by atoms with E-state index in [-0.39, 0.29) is 17.9 Å². The van der Waals surface area contributed by atoms with Crippen molar-refractivity contribution >= 4 is 17.5 Å². The van der Waals surface area contributed by atoms with Crippen molar-refractivity contribution in [1.82, 2.24) is 14.5 Å². The summed E-state index contributed by atoms with van der Waals surface area (Å²) >= 11 is 0. The molecule has 1 aromatic carbocycles. The van der Waals surface area contributed by atoms with Crippen LogP contribution in [-0.2, 0) is 9.59 Å². The zero-order valence-corrected chi connectivity index (χ0v) is 14.5. The molecule has 0 unspecified atom stereocenters. The summed E-state index contributed by atoms with van der Waals surface area (Å²) in [6, 6.07) is 7.24. The van der Waals surface area contributed by atoms with Gasteiger partial charge in [0.05, 0.1) is 6.33 Å². The quantitative estimate of drug-likeness (QED) is 0.910. The molecule has 1 aromatic heterocycles. The minimum Gasteiger partial charge on any atom is -0.331 e. The maximum atomic E-state index is 12.8. The number of aromatic nitrogens is 2. The van der Waals surface area contributed by atoms with Gasteiger partial charge in [0.2, 0.25) is 11.8 Å². The van der Waals surface area contributed by atoms with Gasteiger partial charge in [0.15, 0.2) is 0 Å². The van der Waals surface area contributed by atoms with Crippen LogP contribution in [0.3, 0.4) is 0 Å². The van der Waals surface area contributed by atoms with E-state index < -0.39 is 0 Å². The van der Waals surface area contributed by atoms with Crippen LogP contribution in [0, 0.1) is 0 Å². The Morgan fingerprint density at radius 3 is 2.96 bits per heavy atom. The van der Waals surface area contributed by atoms with Crippen molar-refractivity contribution < 1.29 is 9.59 Å². The third kappa shape index (κ3) is 4.07. The predicted octanol–water partition coefficient (Wildman–Crippen LogP) is 2.99. The number of amides is 2. The molecule has 1 saturated heterocycles. The highest BCUT2D eigenvalue weighted by Crippen LogP contribution is 2.21. The van der Waals surface area contributed by atoms with E-state index in [0.29, 0.717) is 13.0 Å². The standard InChI is InChI=1S/C19H24N4O2/c1-2-6-18(24)23-11-4-3-9-17(23)19(25)21-15-7-5-8-16(13-15)22-12-10-20-14-22/h5,7-8,10,12-14,17H,2-4,6,9,11H2,1H3,(H,21,25)/t17-/m0/s1. The fourth-order valence-electron chi connectivity index (χ4n) is 3.24. The molecule has 0 spiro atoms. The number of nitrogens with one attached hydrogen (secondary N) is 1. The fourth-order valence-corrected chi connectivity index (χ4v) is 3.24. The summed E-state index contributed by atoms with van der Waals surface area (Å²) in [5, 5.41) is 2.97. The lowest BCUT2D eigenvalue weighted by atomic mass is 10.0. The Balaban J connectivity index is 1.72. The van der Waals surface area contributed by atoms with Crippen molar-refractivity contribution in [3.05, 3.63) is 43.0 Å². The Hall–Kier alpha value is -2.63. The highest BCUT2D eigenvalue weighted by molar-refractivity contribution is 5.97. The first-order chi connectivity index (χ1) is 12.2. The lowest BCUT2D eigenvalue weighted by molar-refractivity contribution is -0.140. The van der Waals surface area contributed by atoms with E-state index in [2.05, 4.69) is 10.3 Å². The van der Waals surface area contributed by atoms with Gasteiger partial charge in [-0.1, -0.05) is 13.0 Å². The van der Waals surface area contributed by atoms with E-state index in [1.165, 1.54) is 0 Å². The molecule has 1 N–H and O–H groups in total. The molecule has 1 aliphatic heterocycles. The minimum atomic E-state index is -0.371. The van der Waals surface area contributed by atoms with E-state index in [9.17, 15) is 9.59 Å². The first kappa shape index (κ1) is 17.2. The summed E-state index contributed by atoms with van der Waals surface area (Å²) < 4.78 is 1.88. The first-order valence-electron chi connectivity index (χ1n) is 8.87. The number of rotatable bonds is 5. The molecular weight excluding hydrogens is 316 g/mol. The van der Waals surface area contributed by atoms with E-state index in [4.69, 9.17) is 0 Å². The van der Waals surface area contributed by atoms with Crippen molar-refractivity contribution in [3.63, 3.8) is 0 Å². The number of carbonyl (C=O) groups excluding carboxylic acids is 2. The summed E-state index contributed by atoms with van der Waals surface area (Å²) in [7, 11) is 0. The van der Waals surface area contributed by atoms with Gasteiger partial charge >= 0.3 is 0 Å². The van der Waals surface area contributed by atoms with Gasteiger partial charge in [-0.25, -0.2) is 4.98 Å². The van der Waals surface area contributed by atoms with Crippen LogP contribution in [0.1, 0.15) is 39.0 Å². The predicted molar refractivity (Wildman–Crippen MR) is 96.5 cm³/mol. The first-order valence-corrected chi connectivity index (χ1v) is 8.87. The van der Waals surface area contributed by atoms with E-state index in [0.717, 1.165) is 37.1 Å². The highest BCUT2D eigenvalue weighted by Gasteiger charge is 2.31. The number of carbonyl (C=O) groups is 2. The number of nitrogens with zero attached hydrogens (tertiary/aromatic N) is 3. The Morgan fingerprint density at radius 2 is 2.20 bits per heavy atom. The molecule has 0 bridgehead atoms. The number of anilines is 1.